The Morgan fingerprint density at radius 2 is 1.84 bits per heavy atom. The molecule has 2 aromatic rings. The minimum atomic E-state index is -0.490. The number of carbonyl (C=O) groups excluding carboxylic acids is 3. The zero-order valence-electron chi connectivity index (χ0n) is 17.7. The first-order chi connectivity index (χ1) is 15.5. The van der Waals surface area contributed by atoms with Crippen molar-refractivity contribution in [3.8, 4) is 0 Å². The molecule has 0 spiro atoms. The molecule has 32 heavy (non-hydrogen) atoms. The van der Waals surface area contributed by atoms with Crippen molar-refractivity contribution in [2.24, 2.45) is 0 Å². The van der Waals surface area contributed by atoms with E-state index in [-0.39, 0.29) is 23.8 Å². The van der Waals surface area contributed by atoms with Gasteiger partial charge in [0.2, 0.25) is 5.91 Å². The molecule has 2 atom stereocenters. The van der Waals surface area contributed by atoms with Crippen LogP contribution in [0.4, 0.5) is 5.69 Å². The molecule has 0 aliphatic carbocycles. The molecule has 2 unspecified atom stereocenters. The summed E-state index contributed by atoms with van der Waals surface area (Å²) >= 11 is 5.87. The summed E-state index contributed by atoms with van der Waals surface area (Å²) < 4.78 is 5.56. The Hall–Kier alpha value is -2.90. The van der Waals surface area contributed by atoms with Crippen molar-refractivity contribution >= 4 is 35.0 Å². The number of anilines is 1. The predicted molar refractivity (Wildman–Crippen MR) is 122 cm³/mol. The van der Waals surface area contributed by atoms with E-state index in [1.807, 2.05) is 0 Å². The van der Waals surface area contributed by atoms with Gasteiger partial charge in [0.1, 0.15) is 6.04 Å². The first-order valence-electron chi connectivity index (χ1n) is 10.9. The number of benzene rings is 2. The number of hydrogen-bond donors (Lipinski definition) is 2. The molecule has 0 bridgehead atoms. The molecule has 2 aliphatic rings. The lowest BCUT2D eigenvalue weighted by Gasteiger charge is -2.25. The predicted octanol–water partition coefficient (Wildman–Crippen LogP) is 3.49. The van der Waals surface area contributed by atoms with E-state index >= 15 is 0 Å². The Kier molecular flexibility index (Phi) is 7.07. The maximum absolute atomic E-state index is 13.2. The highest BCUT2D eigenvalue weighted by Crippen LogP contribution is 2.22. The van der Waals surface area contributed by atoms with Crippen LogP contribution in [0.1, 0.15) is 46.4 Å². The Morgan fingerprint density at radius 3 is 2.59 bits per heavy atom. The molecule has 2 N–H and O–H groups in total. The zero-order chi connectivity index (χ0) is 22.5. The normalized spacial score (nSPS) is 20.2. The molecule has 2 heterocycles. The first kappa shape index (κ1) is 22.3. The van der Waals surface area contributed by atoms with Crippen LogP contribution in [0.2, 0.25) is 5.02 Å². The lowest BCUT2D eigenvalue weighted by molar-refractivity contribution is -0.125. The standard InChI is InChI=1S/C24H26ClN3O4/c25-18-10-8-16(9-11-18)22(29)27-19-5-1-4-17(14-19)24(31)28-12-2-7-21(28)23(30)26-15-20-6-3-13-32-20/h1,4-5,8-11,14,20-21H,2-3,6-7,12-13,15H2,(H,26,30)(H,27,29). The van der Waals surface area contributed by atoms with Crippen molar-refractivity contribution < 1.29 is 19.1 Å². The molecular formula is C24H26ClN3O4. The SMILES string of the molecule is O=C(Nc1cccc(C(=O)N2CCCC2C(=O)NCC2CCCO2)c1)c1ccc(Cl)cc1. The van der Waals surface area contributed by atoms with Gasteiger partial charge in [0.25, 0.3) is 11.8 Å². The Labute approximate surface area is 192 Å². The topological polar surface area (TPSA) is 87.7 Å². The number of likely N-dealkylation sites (tertiary alicyclic amines) is 1. The van der Waals surface area contributed by atoms with Gasteiger partial charge in [-0.15, -0.1) is 0 Å². The largest absolute Gasteiger partial charge is 0.376 e. The highest BCUT2D eigenvalue weighted by atomic mass is 35.5. The molecule has 2 aromatic carbocycles. The van der Waals surface area contributed by atoms with Gasteiger partial charge in [0.15, 0.2) is 0 Å². The maximum atomic E-state index is 13.2. The van der Waals surface area contributed by atoms with Crippen molar-refractivity contribution in [1.82, 2.24) is 10.2 Å². The van der Waals surface area contributed by atoms with Gasteiger partial charge in [0.05, 0.1) is 6.10 Å². The Balaban J connectivity index is 1.40. The molecule has 2 aliphatic heterocycles. The van der Waals surface area contributed by atoms with E-state index < -0.39 is 6.04 Å². The summed E-state index contributed by atoms with van der Waals surface area (Å²) in [7, 11) is 0. The minimum Gasteiger partial charge on any atom is -0.376 e. The van der Waals surface area contributed by atoms with E-state index in [0.29, 0.717) is 41.3 Å². The first-order valence-corrected chi connectivity index (χ1v) is 11.3. The zero-order valence-corrected chi connectivity index (χ0v) is 18.4. The number of nitrogens with zero attached hydrogens (tertiary/aromatic N) is 1. The van der Waals surface area contributed by atoms with Gasteiger partial charge < -0.3 is 20.3 Å². The van der Waals surface area contributed by atoms with Gasteiger partial charge in [-0.25, -0.2) is 0 Å². The number of carbonyl (C=O) groups is 3. The number of hydrogen-bond acceptors (Lipinski definition) is 4. The van der Waals surface area contributed by atoms with Crippen LogP contribution in [0.25, 0.3) is 0 Å². The smallest absolute Gasteiger partial charge is 0.255 e. The number of amides is 3. The lowest BCUT2D eigenvalue weighted by atomic mass is 10.1. The van der Waals surface area contributed by atoms with Crippen molar-refractivity contribution in [3.05, 3.63) is 64.7 Å². The van der Waals surface area contributed by atoms with Crippen LogP contribution in [0.3, 0.4) is 0 Å². The summed E-state index contributed by atoms with van der Waals surface area (Å²) in [6.45, 7) is 1.74. The fourth-order valence-electron chi connectivity index (χ4n) is 4.12. The van der Waals surface area contributed by atoms with Crippen LogP contribution in [-0.4, -0.2) is 54.5 Å². The van der Waals surface area contributed by atoms with E-state index in [1.54, 1.807) is 53.4 Å². The van der Waals surface area contributed by atoms with Crippen LogP contribution < -0.4 is 10.6 Å². The molecule has 2 saturated heterocycles. The minimum absolute atomic E-state index is 0.0606. The third-order valence-corrected chi connectivity index (χ3v) is 6.07. The van der Waals surface area contributed by atoms with Crippen molar-refractivity contribution in [3.63, 3.8) is 0 Å². The van der Waals surface area contributed by atoms with Crippen LogP contribution in [0.5, 0.6) is 0 Å². The second kappa shape index (κ2) is 10.1. The summed E-state index contributed by atoms with van der Waals surface area (Å²) in [5.41, 5.74) is 1.40. The molecule has 8 heteroatoms. The van der Waals surface area contributed by atoms with Crippen molar-refractivity contribution in [2.45, 2.75) is 37.8 Å². The Bertz CT molecular complexity index is 989. The van der Waals surface area contributed by atoms with Crippen molar-refractivity contribution in [1.29, 1.82) is 0 Å². The number of nitrogens with one attached hydrogen (secondary N) is 2. The lowest BCUT2D eigenvalue weighted by Crippen LogP contribution is -2.47. The fourth-order valence-corrected chi connectivity index (χ4v) is 4.25. The van der Waals surface area contributed by atoms with Crippen LogP contribution in [-0.2, 0) is 9.53 Å². The second-order valence-electron chi connectivity index (χ2n) is 8.08. The molecule has 7 nitrogen and oxygen atoms in total. The number of ether oxygens (including phenoxy) is 1. The van der Waals surface area contributed by atoms with Gasteiger partial charge in [0, 0.05) is 41.5 Å². The quantitative estimate of drug-likeness (QED) is 0.698. The van der Waals surface area contributed by atoms with Gasteiger partial charge in [-0.3, -0.25) is 14.4 Å². The average Bonchev–Trinajstić information content (AvgIpc) is 3.50. The van der Waals surface area contributed by atoms with Gasteiger partial charge in [-0.05, 0) is 68.1 Å². The van der Waals surface area contributed by atoms with Gasteiger partial charge in [-0.1, -0.05) is 17.7 Å². The summed E-state index contributed by atoms with van der Waals surface area (Å²) in [6, 6.07) is 12.8. The third kappa shape index (κ3) is 5.29. The maximum Gasteiger partial charge on any atom is 0.255 e. The highest BCUT2D eigenvalue weighted by molar-refractivity contribution is 6.30. The monoisotopic (exact) mass is 455 g/mol. The molecule has 0 radical (unpaired) electrons. The van der Waals surface area contributed by atoms with Gasteiger partial charge >= 0.3 is 0 Å². The fraction of sp³-hybridized carbons (Fsp3) is 0.375. The van der Waals surface area contributed by atoms with Crippen LogP contribution in [0, 0.1) is 0 Å². The van der Waals surface area contributed by atoms with E-state index in [1.165, 1.54) is 0 Å². The van der Waals surface area contributed by atoms with E-state index in [0.717, 1.165) is 25.9 Å². The van der Waals surface area contributed by atoms with E-state index in [4.69, 9.17) is 16.3 Å². The summed E-state index contributed by atoms with van der Waals surface area (Å²) in [4.78, 5) is 40.0. The van der Waals surface area contributed by atoms with E-state index in [2.05, 4.69) is 10.6 Å². The molecule has 0 aromatic heterocycles. The molecule has 3 amide bonds. The molecule has 168 valence electrons. The van der Waals surface area contributed by atoms with E-state index in [9.17, 15) is 14.4 Å². The number of rotatable bonds is 6. The molecule has 2 fully saturated rings. The summed E-state index contributed by atoms with van der Waals surface area (Å²) in [5.74, 6) is -0.653. The highest BCUT2D eigenvalue weighted by Gasteiger charge is 2.35. The molecule has 0 saturated carbocycles. The van der Waals surface area contributed by atoms with Crippen molar-refractivity contribution in [2.75, 3.05) is 25.0 Å². The average molecular weight is 456 g/mol. The number of halogens is 1. The Morgan fingerprint density at radius 1 is 1.03 bits per heavy atom. The second-order valence-corrected chi connectivity index (χ2v) is 8.52. The van der Waals surface area contributed by atoms with Crippen LogP contribution in [0.15, 0.2) is 48.5 Å². The third-order valence-electron chi connectivity index (χ3n) is 5.82. The van der Waals surface area contributed by atoms with Gasteiger partial charge in [-0.2, -0.15) is 0 Å². The summed E-state index contributed by atoms with van der Waals surface area (Å²) in [6.07, 6.45) is 3.43. The van der Waals surface area contributed by atoms with Crippen LogP contribution >= 0.6 is 11.6 Å². The molecule has 4 rings (SSSR count). The molecular weight excluding hydrogens is 430 g/mol. The summed E-state index contributed by atoms with van der Waals surface area (Å²) in [5, 5.41) is 6.29.